The lowest BCUT2D eigenvalue weighted by molar-refractivity contribution is 0.0594. The third-order valence-electron chi connectivity index (χ3n) is 2.07. The first-order valence-electron chi connectivity index (χ1n) is 4.36. The number of hydrogen-bond donors (Lipinski definition) is 0. The highest BCUT2D eigenvalue weighted by Gasteiger charge is 2.08. The molecule has 0 bridgehead atoms. The smallest absolute Gasteiger partial charge is 0.356 e. The number of esters is 1. The van der Waals surface area contributed by atoms with E-state index in [1.807, 2.05) is 0 Å². The van der Waals surface area contributed by atoms with Crippen LogP contribution in [0.5, 0.6) is 0 Å². The van der Waals surface area contributed by atoms with Crippen LogP contribution in [0, 0.1) is 5.82 Å². The Bertz CT molecular complexity index is 525. The number of ether oxygens (including phenoxy) is 1. The average molecular weight is 205 g/mol. The van der Waals surface area contributed by atoms with E-state index in [2.05, 4.69) is 9.72 Å². The number of pyridine rings is 1. The highest BCUT2D eigenvalue weighted by molar-refractivity contribution is 5.91. The van der Waals surface area contributed by atoms with E-state index in [0.29, 0.717) is 10.9 Å². The van der Waals surface area contributed by atoms with E-state index in [4.69, 9.17) is 0 Å². The fourth-order valence-corrected chi connectivity index (χ4v) is 1.34. The van der Waals surface area contributed by atoms with E-state index in [0.717, 1.165) is 0 Å². The molecule has 0 saturated heterocycles. The SMILES string of the molecule is COC(=O)c1ccc2c(F)cccc2n1. The van der Waals surface area contributed by atoms with Crippen LogP contribution >= 0.6 is 0 Å². The quantitative estimate of drug-likeness (QED) is 0.669. The van der Waals surface area contributed by atoms with E-state index in [-0.39, 0.29) is 11.5 Å². The zero-order valence-corrected chi connectivity index (χ0v) is 8.03. The molecule has 0 saturated carbocycles. The monoisotopic (exact) mass is 205 g/mol. The molecule has 1 aromatic carbocycles. The predicted molar refractivity (Wildman–Crippen MR) is 53.0 cm³/mol. The Morgan fingerprint density at radius 1 is 1.33 bits per heavy atom. The lowest BCUT2D eigenvalue weighted by Crippen LogP contribution is -2.04. The maximum absolute atomic E-state index is 13.2. The van der Waals surface area contributed by atoms with Gasteiger partial charge in [0.15, 0.2) is 0 Å². The molecule has 0 N–H and O–H groups in total. The number of carbonyl (C=O) groups excluding carboxylic acids is 1. The molecule has 0 unspecified atom stereocenters. The van der Waals surface area contributed by atoms with Crippen molar-refractivity contribution < 1.29 is 13.9 Å². The molecular formula is C11H8FNO2. The molecule has 0 radical (unpaired) electrons. The number of fused-ring (bicyclic) bond motifs is 1. The Hall–Kier alpha value is -1.97. The molecular weight excluding hydrogens is 197 g/mol. The van der Waals surface area contributed by atoms with Crippen LogP contribution in [0.2, 0.25) is 0 Å². The van der Waals surface area contributed by atoms with Crippen LogP contribution in [-0.4, -0.2) is 18.1 Å². The number of carbonyl (C=O) groups is 1. The van der Waals surface area contributed by atoms with Gasteiger partial charge in [-0.15, -0.1) is 0 Å². The summed E-state index contributed by atoms with van der Waals surface area (Å²) in [4.78, 5) is 15.2. The van der Waals surface area contributed by atoms with Crippen LogP contribution in [0.3, 0.4) is 0 Å². The lowest BCUT2D eigenvalue weighted by atomic mass is 10.2. The van der Waals surface area contributed by atoms with E-state index in [1.165, 1.54) is 25.3 Å². The fourth-order valence-electron chi connectivity index (χ4n) is 1.34. The van der Waals surface area contributed by atoms with Crippen molar-refractivity contribution in [1.29, 1.82) is 0 Å². The second-order valence-corrected chi connectivity index (χ2v) is 2.99. The fraction of sp³-hybridized carbons (Fsp3) is 0.0909. The molecule has 2 rings (SSSR count). The number of rotatable bonds is 1. The van der Waals surface area contributed by atoms with Gasteiger partial charge in [0.05, 0.1) is 12.6 Å². The van der Waals surface area contributed by atoms with Gasteiger partial charge in [0.1, 0.15) is 11.5 Å². The molecule has 76 valence electrons. The largest absolute Gasteiger partial charge is 0.464 e. The summed E-state index contributed by atoms with van der Waals surface area (Å²) in [5.41, 5.74) is 0.619. The van der Waals surface area contributed by atoms with Gasteiger partial charge >= 0.3 is 5.97 Å². The molecule has 0 fully saturated rings. The summed E-state index contributed by atoms with van der Waals surface area (Å²) >= 11 is 0. The number of aromatic nitrogens is 1. The van der Waals surface area contributed by atoms with Gasteiger partial charge in [0.25, 0.3) is 0 Å². The lowest BCUT2D eigenvalue weighted by Gasteiger charge is -2.01. The Labute approximate surface area is 85.5 Å². The molecule has 3 nitrogen and oxygen atoms in total. The molecule has 15 heavy (non-hydrogen) atoms. The van der Waals surface area contributed by atoms with Crippen LogP contribution < -0.4 is 0 Å². The number of methoxy groups -OCH3 is 1. The molecule has 1 heterocycles. The van der Waals surface area contributed by atoms with Crippen LogP contribution in [0.4, 0.5) is 4.39 Å². The van der Waals surface area contributed by atoms with Gasteiger partial charge in [-0.3, -0.25) is 0 Å². The van der Waals surface area contributed by atoms with E-state index < -0.39 is 5.97 Å². The van der Waals surface area contributed by atoms with Crippen LogP contribution in [-0.2, 0) is 4.74 Å². The molecule has 0 amide bonds. The van der Waals surface area contributed by atoms with Crippen LogP contribution in [0.25, 0.3) is 10.9 Å². The van der Waals surface area contributed by atoms with Gasteiger partial charge < -0.3 is 4.74 Å². The van der Waals surface area contributed by atoms with Crippen molar-refractivity contribution in [2.24, 2.45) is 0 Å². The maximum Gasteiger partial charge on any atom is 0.356 e. The summed E-state index contributed by atoms with van der Waals surface area (Å²) in [6.45, 7) is 0. The molecule has 4 heteroatoms. The van der Waals surface area contributed by atoms with Crippen LogP contribution in [0.1, 0.15) is 10.5 Å². The summed E-state index contributed by atoms with van der Waals surface area (Å²) in [5.74, 6) is -0.877. The van der Waals surface area contributed by atoms with Crippen LogP contribution in [0.15, 0.2) is 30.3 Å². The number of hydrogen-bond acceptors (Lipinski definition) is 3. The van der Waals surface area contributed by atoms with Crippen molar-refractivity contribution >= 4 is 16.9 Å². The Morgan fingerprint density at radius 2 is 2.13 bits per heavy atom. The molecule has 0 aliphatic rings. The highest BCUT2D eigenvalue weighted by Crippen LogP contribution is 2.16. The van der Waals surface area contributed by atoms with Gasteiger partial charge in [0.2, 0.25) is 0 Å². The molecule has 0 aliphatic heterocycles. The predicted octanol–water partition coefficient (Wildman–Crippen LogP) is 2.16. The normalized spacial score (nSPS) is 10.3. The van der Waals surface area contributed by atoms with Gasteiger partial charge in [0, 0.05) is 5.39 Å². The second kappa shape index (κ2) is 3.65. The van der Waals surface area contributed by atoms with Crippen molar-refractivity contribution in [1.82, 2.24) is 4.98 Å². The third kappa shape index (κ3) is 1.66. The topological polar surface area (TPSA) is 39.2 Å². The first-order chi connectivity index (χ1) is 7.22. The molecule has 2 aromatic rings. The zero-order chi connectivity index (χ0) is 10.8. The molecule has 1 aromatic heterocycles. The molecule has 0 spiro atoms. The van der Waals surface area contributed by atoms with Crippen molar-refractivity contribution in [3.8, 4) is 0 Å². The van der Waals surface area contributed by atoms with Gasteiger partial charge in [-0.2, -0.15) is 0 Å². The van der Waals surface area contributed by atoms with Gasteiger partial charge in [-0.05, 0) is 24.3 Å². The summed E-state index contributed by atoms with van der Waals surface area (Å²) in [6.07, 6.45) is 0. The minimum atomic E-state index is -0.527. The Kier molecular flexibility index (Phi) is 2.33. The molecule has 0 atom stereocenters. The zero-order valence-electron chi connectivity index (χ0n) is 8.03. The highest BCUT2D eigenvalue weighted by atomic mass is 19.1. The van der Waals surface area contributed by atoms with Gasteiger partial charge in [-0.1, -0.05) is 6.07 Å². The van der Waals surface area contributed by atoms with Crippen molar-refractivity contribution in [3.63, 3.8) is 0 Å². The van der Waals surface area contributed by atoms with Crippen molar-refractivity contribution in [2.75, 3.05) is 7.11 Å². The van der Waals surface area contributed by atoms with Crippen molar-refractivity contribution in [3.05, 3.63) is 41.8 Å². The summed E-state index contributed by atoms with van der Waals surface area (Å²) in [6, 6.07) is 7.50. The van der Waals surface area contributed by atoms with E-state index >= 15 is 0 Å². The van der Waals surface area contributed by atoms with E-state index in [9.17, 15) is 9.18 Å². The number of halogens is 1. The average Bonchev–Trinajstić information content (AvgIpc) is 2.28. The summed E-state index contributed by atoms with van der Waals surface area (Å²) < 4.78 is 17.8. The second-order valence-electron chi connectivity index (χ2n) is 2.99. The Morgan fingerprint density at radius 3 is 2.87 bits per heavy atom. The summed E-state index contributed by atoms with van der Waals surface area (Å²) in [5, 5.41) is 0.394. The minimum absolute atomic E-state index is 0.176. The summed E-state index contributed by atoms with van der Waals surface area (Å²) in [7, 11) is 1.28. The standard InChI is InChI=1S/C11H8FNO2/c1-15-11(14)10-6-5-7-8(12)3-2-4-9(7)13-10/h2-6H,1H3. The first-order valence-corrected chi connectivity index (χ1v) is 4.36. The van der Waals surface area contributed by atoms with Crippen molar-refractivity contribution in [2.45, 2.75) is 0 Å². The Balaban J connectivity index is 2.62. The van der Waals surface area contributed by atoms with E-state index in [1.54, 1.807) is 12.1 Å². The molecule has 0 aliphatic carbocycles. The number of nitrogens with zero attached hydrogens (tertiary/aromatic N) is 1. The number of benzene rings is 1. The first kappa shape index (κ1) is 9.58. The van der Waals surface area contributed by atoms with Gasteiger partial charge in [-0.25, -0.2) is 14.2 Å². The minimum Gasteiger partial charge on any atom is -0.464 e. The maximum atomic E-state index is 13.2. The third-order valence-corrected chi connectivity index (χ3v) is 2.07.